The number of fused-ring (bicyclic) bond motifs is 2. The van der Waals surface area contributed by atoms with Gasteiger partial charge in [0, 0.05) is 12.0 Å². The van der Waals surface area contributed by atoms with Crippen LogP contribution < -0.4 is 14.2 Å². The van der Waals surface area contributed by atoms with Gasteiger partial charge in [0.2, 0.25) is 12.5 Å². The van der Waals surface area contributed by atoms with E-state index in [0.29, 0.717) is 33.6 Å². The molecule has 29 heavy (non-hydrogen) atoms. The van der Waals surface area contributed by atoms with Crippen LogP contribution in [0.2, 0.25) is 0 Å². The summed E-state index contributed by atoms with van der Waals surface area (Å²) in [7, 11) is 5.76. The summed E-state index contributed by atoms with van der Waals surface area (Å²) in [6, 6.07) is 6.15. The molecular weight excluding hydrogens is 374 g/mol. The molecule has 0 radical (unpaired) electrons. The van der Waals surface area contributed by atoms with Crippen LogP contribution in [-0.4, -0.2) is 56.2 Å². The predicted octanol–water partition coefficient (Wildman–Crippen LogP) is 2.89. The zero-order valence-electron chi connectivity index (χ0n) is 16.7. The van der Waals surface area contributed by atoms with Crippen molar-refractivity contribution in [2.24, 2.45) is 0 Å². The standard InChI is InChI=1S/C22H23NO6/c1-23(2)7-6-14-9-19-21(29-12-28-19)22(27-3)20(14)16(23)10-18(26)15-5-4-13(11-24)8-17(15)25/h4-5,8-9,11,16H,6-7,10,12H2,1-3H3/p+1. The molecule has 0 saturated carbocycles. The summed E-state index contributed by atoms with van der Waals surface area (Å²) < 4.78 is 17.5. The Balaban J connectivity index is 1.76. The lowest BCUT2D eigenvalue weighted by atomic mass is 9.85. The van der Waals surface area contributed by atoms with Gasteiger partial charge in [-0.2, -0.15) is 0 Å². The first-order chi connectivity index (χ1) is 13.9. The van der Waals surface area contributed by atoms with Crippen molar-refractivity contribution in [2.45, 2.75) is 18.9 Å². The Morgan fingerprint density at radius 2 is 2.10 bits per heavy atom. The number of rotatable bonds is 5. The number of hydrogen-bond acceptors (Lipinski definition) is 6. The molecule has 0 fully saturated rings. The van der Waals surface area contributed by atoms with Gasteiger partial charge in [-0.05, 0) is 23.8 Å². The minimum absolute atomic E-state index is 0.146. The van der Waals surface area contributed by atoms with E-state index in [1.807, 2.05) is 6.07 Å². The number of hydrogen-bond donors (Lipinski definition) is 1. The SMILES string of the molecule is COc1c2c(cc3c1C(CC(=O)c1ccc(C=O)cc1O)[N+](C)(C)CC3)OCO2. The molecule has 2 aliphatic rings. The number of carbonyl (C=O) groups excluding carboxylic acids is 2. The van der Waals surface area contributed by atoms with Gasteiger partial charge in [0.05, 0.1) is 45.3 Å². The summed E-state index contributed by atoms with van der Waals surface area (Å²) >= 11 is 0. The lowest BCUT2D eigenvalue weighted by molar-refractivity contribution is -0.922. The maximum Gasteiger partial charge on any atom is 0.231 e. The second-order valence-electron chi connectivity index (χ2n) is 8.01. The summed E-state index contributed by atoms with van der Waals surface area (Å²) in [6.45, 7) is 0.997. The van der Waals surface area contributed by atoms with Gasteiger partial charge in [0.15, 0.2) is 17.3 Å². The fourth-order valence-electron chi connectivity index (χ4n) is 4.26. The van der Waals surface area contributed by atoms with Crippen LogP contribution in [0.5, 0.6) is 23.0 Å². The molecule has 0 bridgehead atoms. The third kappa shape index (κ3) is 3.21. The summed E-state index contributed by atoms with van der Waals surface area (Å²) in [6.07, 6.45) is 1.65. The summed E-state index contributed by atoms with van der Waals surface area (Å²) in [5.74, 6) is 1.48. The van der Waals surface area contributed by atoms with Crippen molar-refractivity contribution >= 4 is 12.1 Å². The molecule has 4 rings (SSSR count). The molecule has 0 spiro atoms. The summed E-state index contributed by atoms with van der Waals surface area (Å²) in [4.78, 5) is 24.0. The number of quaternary nitrogens is 1. The van der Waals surface area contributed by atoms with Crippen molar-refractivity contribution in [1.82, 2.24) is 0 Å². The molecule has 152 valence electrons. The Hall–Kier alpha value is -3.06. The predicted molar refractivity (Wildman–Crippen MR) is 105 cm³/mol. The molecule has 2 heterocycles. The van der Waals surface area contributed by atoms with Crippen LogP contribution in [0, 0.1) is 0 Å². The number of aromatic hydroxyl groups is 1. The minimum Gasteiger partial charge on any atom is -0.507 e. The molecule has 2 aliphatic heterocycles. The van der Waals surface area contributed by atoms with Crippen LogP contribution in [0.15, 0.2) is 24.3 Å². The van der Waals surface area contributed by atoms with Gasteiger partial charge in [-0.1, -0.05) is 6.07 Å². The number of phenols is 1. The van der Waals surface area contributed by atoms with Crippen LogP contribution in [0.4, 0.5) is 0 Å². The second kappa shape index (κ2) is 7.08. The topological polar surface area (TPSA) is 82.1 Å². The molecule has 1 atom stereocenters. The molecule has 1 N–H and O–H groups in total. The van der Waals surface area contributed by atoms with Gasteiger partial charge < -0.3 is 23.8 Å². The number of methoxy groups -OCH3 is 1. The molecule has 1 unspecified atom stereocenters. The second-order valence-corrected chi connectivity index (χ2v) is 8.01. The number of carbonyl (C=O) groups is 2. The molecule has 0 aliphatic carbocycles. The number of likely N-dealkylation sites (N-methyl/N-ethyl adjacent to an activating group) is 1. The maximum absolute atomic E-state index is 13.1. The maximum atomic E-state index is 13.1. The first-order valence-electron chi connectivity index (χ1n) is 9.49. The van der Waals surface area contributed by atoms with Crippen molar-refractivity contribution in [1.29, 1.82) is 0 Å². The van der Waals surface area contributed by atoms with Gasteiger partial charge in [0.25, 0.3) is 0 Å². The smallest absolute Gasteiger partial charge is 0.231 e. The lowest BCUT2D eigenvalue weighted by Gasteiger charge is -2.43. The van der Waals surface area contributed by atoms with E-state index in [0.717, 1.165) is 24.1 Å². The lowest BCUT2D eigenvalue weighted by Crippen LogP contribution is -2.48. The number of aldehydes is 1. The van der Waals surface area contributed by atoms with Crippen molar-refractivity contribution in [3.63, 3.8) is 0 Å². The Labute approximate surface area is 169 Å². The van der Waals surface area contributed by atoms with Crippen molar-refractivity contribution < 1.29 is 33.4 Å². The first kappa shape index (κ1) is 19.3. The number of ketones is 1. The highest BCUT2D eigenvalue weighted by molar-refractivity contribution is 5.99. The molecule has 0 saturated heterocycles. The average Bonchev–Trinajstić information content (AvgIpc) is 3.16. The van der Waals surface area contributed by atoms with E-state index in [4.69, 9.17) is 14.2 Å². The Morgan fingerprint density at radius 1 is 1.31 bits per heavy atom. The summed E-state index contributed by atoms with van der Waals surface area (Å²) in [5.41, 5.74) is 2.57. The van der Waals surface area contributed by atoms with Crippen LogP contribution in [-0.2, 0) is 6.42 Å². The fraction of sp³-hybridized carbons (Fsp3) is 0.364. The van der Waals surface area contributed by atoms with Crippen LogP contribution in [0.1, 0.15) is 44.3 Å². The molecule has 2 aromatic carbocycles. The Bertz CT molecular complexity index is 997. The largest absolute Gasteiger partial charge is 0.507 e. The van der Waals surface area contributed by atoms with Crippen LogP contribution in [0.25, 0.3) is 0 Å². The van der Waals surface area contributed by atoms with Gasteiger partial charge in [-0.25, -0.2) is 0 Å². The molecule has 2 aromatic rings. The highest BCUT2D eigenvalue weighted by Crippen LogP contribution is 2.51. The van der Waals surface area contributed by atoms with E-state index in [2.05, 4.69) is 14.1 Å². The highest BCUT2D eigenvalue weighted by atomic mass is 16.7. The molecule has 7 nitrogen and oxygen atoms in total. The van der Waals surface area contributed by atoms with Crippen LogP contribution >= 0.6 is 0 Å². The average molecular weight is 398 g/mol. The minimum atomic E-state index is -0.191. The first-order valence-corrected chi connectivity index (χ1v) is 9.49. The number of ether oxygens (including phenoxy) is 3. The molecule has 7 heteroatoms. The molecule has 0 amide bonds. The van der Waals surface area contributed by atoms with E-state index in [9.17, 15) is 14.7 Å². The van der Waals surface area contributed by atoms with Gasteiger partial charge in [0.1, 0.15) is 18.1 Å². The van der Waals surface area contributed by atoms with Gasteiger partial charge >= 0.3 is 0 Å². The number of nitrogens with zero attached hydrogens (tertiary/aromatic N) is 1. The number of benzene rings is 2. The molecular formula is C22H24NO6+. The highest BCUT2D eigenvalue weighted by Gasteiger charge is 2.42. The third-order valence-electron chi connectivity index (χ3n) is 5.92. The molecule has 0 aromatic heterocycles. The quantitative estimate of drug-likeness (QED) is 0.474. The Morgan fingerprint density at radius 3 is 2.79 bits per heavy atom. The normalized spacial score (nSPS) is 18.8. The zero-order valence-corrected chi connectivity index (χ0v) is 16.7. The van der Waals surface area contributed by atoms with E-state index in [-0.39, 0.29) is 36.4 Å². The van der Waals surface area contributed by atoms with E-state index in [1.54, 1.807) is 7.11 Å². The van der Waals surface area contributed by atoms with Crippen molar-refractivity contribution in [3.05, 3.63) is 46.5 Å². The van der Waals surface area contributed by atoms with Gasteiger partial charge in [-0.15, -0.1) is 0 Å². The summed E-state index contributed by atoms with van der Waals surface area (Å²) in [5, 5.41) is 10.2. The van der Waals surface area contributed by atoms with Gasteiger partial charge in [-0.3, -0.25) is 9.59 Å². The van der Waals surface area contributed by atoms with E-state index in [1.165, 1.54) is 18.2 Å². The fourth-order valence-corrected chi connectivity index (χ4v) is 4.26. The van der Waals surface area contributed by atoms with E-state index < -0.39 is 0 Å². The van der Waals surface area contributed by atoms with Crippen molar-refractivity contribution in [3.8, 4) is 23.0 Å². The zero-order chi connectivity index (χ0) is 20.8. The van der Waals surface area contributed by atoms with Crippen molar-refractivity contribution in [2.75, 3.05) is 34.5 Å². The number of phenolic OH excluding ortho intramolecular Hbond substituents is 1. The number of Topliss-reactive ketones (excluding diaryl/α,β-unsaturated/α-hetero) is 1. The monoisotopic (exact) mass is 398 g/mol. The Kier molecular flexibility index (Phi) is 4.70. The third-order valence-corrected chi connectivity index (χ3v) is 5.92. The van der Waals surface area contributed by atoms with E-state index >= 15 is 0 Å². The van der Waals surface area contributed by atoms with Crippen LogP contribution in [0.3, 0.4) is 0 Å².